The van der Waals surface area contributed by atoms with Crippen molar-refractivity contribution >= 4 is 12.1 Å². The van der Waals surface area contributed by atoms with E-state index in [4.69, 9.17) is 4.74 Å². The Labute approximate surface area is 192 Å². The molecule has 2 N–H and O–H groups in total. The summed E-state index contributed by atoms with van der Waals surface area (Å²) >= 11 is 0. The molecule has 1 atom stereocenters. The average molecular weight is 471 g/mol. The number of carboxylic acid groups (broad SMARTS) is 1. The molecule has 1 unspecified atom stereocenters. The summed E-state index contributed by atoms with van der Waals surface area (Å²) in [6.45, 7) is 0.00110. The van der Waals surface area contributed by atoms with Crippen LogP contribution in [0.2, 0.25) is 0 Å². The summed E-state index contributed by atoms with van der Waals surface area (Å²) in [5.41, 5.74) is 4.36. The van der Waals surface area contributed by atoms with Gasteiger partial charge in [-0.05, 0) is 39.9 Å². The van der Waals surface area contributed by atoms with Gasteiger partial charge in [-0.1, -0.05) is 60.7 Å². The lowest BCUT2D eigenvalue weighted by atomic mass is 9.98. The second-order valence-electron chi connectivity index (χ2n) is 7.76. The summed E-state index contributed by atoms with van der Waals surface area (Å²) in [7, 11) is 0. The van der Waals surface area contributed by atoms with E-state index in [0.29, 0.717) is 0 Å². The minimum atomic E-state index is -4.87. The first-order chi connectivity index (χ1) is 16.2. The zero-order chi connectivity index (χ0) is 24.3. The van der Waals surface area contributed by atoms with Gasteiger partial charge in [0.25, 0.3) is 0 Å². The van der Waals surface area contributed by atoms with Crippen LogP contribution in [0, 0.1) is 0 Å². The molecule has 4 rings (SSSR count). The first kappa shape index (κ1) is 23.2. The molecule has 176 valence electrons. The number of benzene rings is 3. The van der Waals surface area contributed by atoms with Crippen LogP contribution in [0.5, 0.6) is 5.75 Å². The third-order valence-corrected chi connectivity index (χ3v) is 5.51. The summed E-state index contributed by atoms with van der Waals surface area (Å²) in [4.78, 5) is 24.1. The second kappa shape index (κ2) is 9.46. The molecule has 0 saturated carbocycles. The van der Waals surface area contributed by atoms with Crippen molar-refractivity contribution in [1.29, 1.82) is 0 Å². The quantitative estimate of drug-likeness (QED) is 0.500. The van der Waals surface area contributed by atoms with Gasteiger partial charge in [0.2, 0.25) is 0 Å². The fraction of sp³-hybridized carbons (Fsp3) is 0.200. The number of hydrogen-bond donors (Lipinski definition) is 2. The van der Waals surface area contributed by atoms with Gasteiger partial charge >= 0.3 is 18.4 Å². The molecule has 34 heavy (non-hydrogen) atoms. The molecule has 0 aliphatic heterocycles. The number of ether oxygens (including phenoxy) is 2. The van der Waals surface area contributed by atoms with Crippen molar-refractivity contribution in [3.63, 3.8) is 0 Å². The van der Waals surface area contributed by atoms with Crippen LogP contribution in [0.3, 0.4) is 0 Å². The standard InChI is InChI=1S/C25H20F3NO5/c26-25(27,28)34-16-7-5-6-15(12-16)13-22(23(30)31)29-24(32)33-14-21-19-10-3-1-8-17(19)18-9-2-4-11-20(18)21/h1-12,21-22H,13-14H2,(H,29,32)(H,30,31). The zero-order valence-corrected chi connectivity index (χ0v) is 17.7. The Hall–Kier alpha value is -4.01. The lowest BCUT2D eigenvalue weighted by Gasteiger charge is -2.18. The maximum atomic E-state index is 12.4. The summed E-state index contributed by atoms with van der Waals surface area (Å²) in [5, 5.41) is 11.8. The van der Waals surface area contributed by atoms with Gasteiger partial charge in [-0.25, -0.2) is 9.59 Å². The number of nitrogens with one attached hydrogen (secondary N) is 1. The van der Waals surface area contributed by atoms with Crippen molar-refractivity contribution in [3.05, 3.63) is 89.5 Å². The van der Waals surface area contributed by atoms with Crippen molar-refractivity contribution in [3.8, 4) is 16.9 Å². The minimum Gasteiger partial charge on any atom is -0.480 e. The van der Waals surface area contributed by atoms with Crippen LogP contribution in [-0.2, 0) is 16.0 Å². The third kappa shape index (κ3) is 5.31. The Morgan fingerprint density at radius 3 is 2.15 bits per heavy atom. The molecule has 3 aromatic carbocycles. The van der Waals surface area contributed by atoms with E-state index in [1.807, 2.05) is 48.5 Å². The smallest absolute Gasteiger partial charge is 0.480 e. The van der Waals surface area contributed by atoms with Gasteiger partial charge in [-0.2, -0.15) is 0 Å². The van der Waals surface area contributed by atoms with Gasteiger partial charge in [-0.15, -0.1) is 13.2 Å². The number of rotatable bonds is 7. The first-order valence-electron chi connectivity index (χ1n) is 10.4. The fourth-order valence-corrected chi connectivity index (χ4v) is 4.09. The summed E-state index contributed by atoms with van der Waals surface area (Å²) in [5.74, 6) is -2.02. The number of carbonyl (C=O) groups is 2. The highest BCUT2D eigenvalue weighted by atomic mass is 19.4. The van der Waals surface area contributed by atoms with E-state index in [1.165, 1.54) is 12.1 Å². The molecule has 3 aromatic rings. The van der Waals surface area contributed by atoms with Crippen LogP contribution >= 0.6 is 0 Å². The molecule has 1 aliphatic carbocycles. The molecule has 0 radical (unpaired) electrons. The summed E-state index contributed by atoms with van der Waals surface area (Å²) in [6, 6.07) is 19.1. The number of hydrogen-bond acceptors (Lipinski definition) is 4. The Kier molecular flexibility index (Phi) is 6.45. The molecule has 0 heterocycles. The number of carbonyl (C=O) groups excluding carboxylic acids is 1. The number of carboxylic acids is 1. The molecular formula is C25H20F3NO5. The Bertz CT molecular complexity index is 1170. The van der Waals surface area contributed by atoms with Crippen LogP contribution in [0.4, 0.5) is 18.0 Å². The van der Waals surface area contributed by atoms with E-state index in [-0.39, 0.29) is 24.5 Å². The third-order valence-electron chi connectivity index (χ3n) is 5.51. The van der Waals surface area contributed by atoms with Gasteiger partial charge in [0.05, 0.1) is 0 Å². The van der Waals surface area contributed by atoms with Gasteiger partial charge in [0, 0.05) is 12.3 Å². The topological polar surface area (TPSA) is 84.9 Å². The van der Waals surface area contributed by atoms with E-state index < -0.39 is 30.2 Å². The van der Waals surface area contributed by atoms with Crippen LogP contribution in [0.1, 0.15) is 22.6 Å². The van der Waals surface area contributed by atoms with E-state index in [1.54, 1.807) is 0 Å². The number of halogens is 3. The fourth-order valence-electron chi connectivity index (χ4n) is 4.09. The molecule has 0 aromatic heterocycles. The highest BCUT2D eigenvalue weighted by molar-refractivity contribution is 5.81. The lowest BCUT2D eigenvalue weighted by molar-refractivity contribution is -0.274. The summed E-state index contributed by atoms with van der Waals surface area (Å²) in [6.07, 6.45) is -6.06. The van der Waals surface area contributed by atoms with E-state index in [2.05, 4.69) is 10.1 Å². The number of alkyl halides is 3. The maximum Gasteiger partial charge on any atom is 0.573 e. The van der Waals surface area contributed by atoms with E-state index in [9.17, 15) is 27.9 Å². The first-order valence-corrected chi connectivity index (χ1v) is 10.4. The van der Waals surface area contributed by atoms with Crippen LogP contribution in [0.25, 0.3) is 11.1 Å². The van der Waals surface area contributed by atoms with Crippen LogP contribution in [-0.4, -0.2) is 36.2 Å². The lowest BCUT2D eigenvalue weighted by Crippen LogP contribution is -2.42. The van der Waals surface area contributed by atoms with E-state index >= 15 is 0 Å². The highest BCUT2D eigenvalue weighted by Gasteiger charge is 2.32. The molecule has 0 fully saturated rings. The van der Waals surface area contributed by atoms with E-state index in [0.717, 1.165) is 34.4 Å². The normalized spacial score (nSPS) is 13.5. The minimum absolute atomic E-state index is 0.00110. The van der Waals surface area contributed by atoms with Gasteiger partial charge in [0.1, 0.15) is 18.4 Å². The highest BCUT2D eigenvalue weighted by Crippen LogP contribution is 2.44. The largest absolute Gasteiger partial charge is 0.573 e. The van der Waals surface area contributed by atoms with Crippen LogP contribution < -0.4 is 10.1 Å². The average Bonchev–Trinajstić information content (AvgIpc) is 3.10. The molecule has 0 bridgehead atoms. The molecule has 1 aliphatic rings. The van der Waals surface area contributed by atoms with Crippen molar-refractivity contribution in [2.75, 3.05) is 6.61 Å². The van der Waals surface area contributed by atoms with Gasteiger partial charge in [-0.3, -0.25) is 0 Å². The molecule has 0 saturated heterocycles. The molecule has 0 spiro atoms. The zero-order valence-electron chi connectivity index (χ0n) is 17.7. The predicted molar refractivity (Wildman–Crippen MR) is 116 cm³/mol. The van der Waals surface area contributed by atoms with Crippen molar-refractivity contribution in [1.82, 2.24) is 5.32 Å². The SMILES string of the molecule is O=C(NC(Cc1cccc(OC(F)(F)F)c1)C(=O)O)OCC1c2ccccc2-c2ccccc21. The van der Waals surface area contributed by atoms with Gasteiger partial charge < -0.3 is 19.9 Å². The number of aliphatic carboxylic acids is 1. The Morgan fingerprint density at radius 2 is 1.56 bits per heavy atom. The maximum absolute atomic E-state index is 12.4. The predicted octanol–water partition coefficient (Wildman–Crippen LogP) is 5.12. The molecular weight excluding hydrogens is 451 g/mol. The van der Waals surface area contributed by atoms with Gasteiger partial charge in [0.15, 0.2) is 0 Å². The van der Waals surface area contributed by atoms with Crippen molar-refractivity contribution < 1.29 is 37.3 Å². The second-order valence-corrected chi connectivity index (χ2v) is 7.76. The monoisotopic (exact) mass is 471 g/mol. The Balaban J connectivity index is 1.41. The number of amides is 1. The number of alkyl carbamates (subject to hydrolysis) is 1. The molecule has 9 heteroatoms. The van der Waals surface area contributed by atoms with Crippen molar-refractivity contribution in [2.45, 2.75) is 24.7 Å². The van der Waals surface area contributed by atoms with Crippen LogP contribution in [0.15, 0.2) is 72.8 Å². The molecule has 1 amide bonds. The Morgan fingerprint density at radius 1 is 0.941 bits per heavy atom. The molecule has 6 nitrogen and oxygen atoms in total. The number of fused-ring (bicyclic) bond motifs is 3. The van der Waals surface area contributed by atoms with Crippen molar-refractivity contribution in [2.24, 2.45) is 0 Å². The summed E-state index contributed by atoms with van der Waals surface area (Å²) < 4.78 is 46.6.